The van der Waals surface area contributed by atoms with Crippen LogP contribution in [0.4, 0.5) is 4.79 Å². The second-order valence-corrected chi connectivity index (χ2v) is 5.24. The maximum atomic E-state index is 9.87. The highest BCUT2D eigenvalue weighted by atomic mass is 17.7. The van der Waals surface area contributed by atoms with Crippen molar-refractivity contribution in [1.82, 2.24) is 5.32 Å². The summed E-state index contributed by atoms with van der Waals surface area (Å²) >= 11 is 0. The van der Waals surface area contributed by atoms with Crippen LogP contribution in [0.1, 0.15) is 71.1 Å². The normalized spacial score (nSPS) is 10.8. The van der Waals surface area contributed by atoms with E-state index in [1.807, 2.05) is 0 Å². The van der Waals surface area contributed by atoms with Crippen molar-refractivity contribution in [3.05, 3.63) is 0 Å². The Kier molecular flexibility index (Phi) is 17.4. The summed E-state index contributed by atoms with van der Waals surface area (Å²) in [4.78, 5) is 18.1. The molecule has 0 rings (SSSR count). The average Bonchev–Trinajstić information content (AvgIpc) is 2.50. The third-order valence-electron chi connectivity index (χ3n) is 3.19. The Morgan fingerprint density at radius 3 is 2.05 bits per heavy atom. The molecule has 0 radical (unpaired) electrons. The van der Waals surface area contributed by atoms with E-state index in [1.54, 1.807) is 0 Å². The molecular weight excluding hydrogens is 290 g/mol. The van der Waals surface area contributed by atoms with Gasteiger partial charge in [-0.3, -0.25) is 0 Å². The molecule has 0 aromatic heterocycles. The molecule has 0 fully saturated rings. The molecule has 0 aromatic rings. The molecule has 7 nitrogen and oxygen atoms in total. The van der Waals surface area contributed by atoms with Crippen molar-refractivity contribution in [2.24, 2.45) is 0 Å². The highest BCUT2D eigenvalue weighted by Gasteiger charge is 1.98. The van der Waals surface area contributed by atoms with Crippen molar-refractivity contribution >= 4 is 6.16 Å². The van der Waals surface area contributed by atoms with Crippen LogP contribution in [0.15, 0.2) is 0 Å². The summed E-state index contributed by atoms with van der Waals surface area (Å²) in [5.74, 6) is 0. The molecule has 0 spiro atoms. The van der Waals surface area contributed by atoms with E-state index in [9.17, 15) is 4.79 Å². The molecule has 0 unspecified atom stereocenters. The molecule has 0 aliphatic rings. The maximum Gasteiger partial charge on any atom is 0.540 e. The van der Waals surface area contributed by atoms with E-state index < -0.39 is 6.16 Å². The summed E-state index contributed by atoms with van der Waals surface area (Å²) in [5, 5.41) is 19.3. The van der Waals surface area contributed by atoms with Gasteiger partial charge in [0, 0.05) is 5.04 Å². The number of rotatable bonds is 17. The van der Waals surface area contributed by atoms with Crippen molar-refractivity contribution in [3.63, 3.8) is 0 Å². The lowest BCUT2D eigenvalue weighted by atomic mass is 10.1. The van der Waals surface area contributed by atoms with Crippen LogP contribution < -0.4 is 5.32 Å². The number of hydrogen-bond acceptors (Lipinski definition) is 6. The van der Waals surface area contributed by atoms with Gasteiger partial charge in [0.25, 0.3) is 0 Å². The van der Waals surface area contributed by atoms with Gasteiger partial charge in [0.15, 0.2) is 0 Å². The zero-order valence-corrected chi connectivity index (χ0v) is 13.7. The first-order valence-electron chi connectivity index (χ1n) is 8.33. The fourth-order valence-corrected chi connectivity index (χ4v) is 2.05. The Balaban J connectivity index is 2.95. The Bertz CT molecular complexity index is 240. The summed E-state index contributed by atoms with van der Waals surface area (Å²) in [6.07, 6.45) is 10.5. The van der Waals surface area contributed by atoms with Crippen molar-refractivity contribution in [3.8, 4) is 0 Å². The molecule has 0 saturated carbocycles. The van der Waals surface area contributed by atoms with Crippen LogP contribution in [0, 0.1) is 0 Å². The third kappa shape index (κ3) is 19.1. The molecule has 0 aromatic carbocycles. The Labute approximate surface area is 133 Å². The molecule has 0 aliphatic carbocycles. The first kappa shape index (κ1) is 21.1. The smallest absolute Gasteiger partial charge is 0.448 e. The number of unbranched alkanes of at least 4 members (excludes halogenated alkanes) is 8. The summed E-state index contributed by atoms with van der Waals surface area (Å²) in [6, 6.07) is 0. The molecule has 0 atom stereocenters. The predicted octanol–water partition coefficient (Wildman–Crippen LogP) is 3.99. The molecule has 0 heterocycles. The van der Waals surface area contributed by atoms with E-state index in [4.69, 9.17) is 5.11 Å². The van der Waals surface area contributed by atoms with Gasteiger partial charge in [0.2, 0.25) is 0 Å². The fourth-order valence-electron chi connectivity index (χ4n) is 2.05. The fraction of sp³-hybridized carbons (Fsp3) is 0.933. The van der Waals surface area contributed by atoms with Gasteiger partial charge in [-0.2, -0.15) is 0 Å². The zero-order chi connectivity index (χ0) is 16.3. The van der Waals surface area contributed by atoms with Crippen molar-refractivity contribution < 1.29 is 29.8 Å². The molecule has 2 N–H and O–H groups in total. The number of nitrogens with one attached hydrogen (secondary N) is 1. The van der Waals surface area contributed by atoms with E-state index in [0.29, 0.717) is 6.61 Å². The lowest BCUT2D eigenvalue weighted by molar-refractivity contribution is -0.618. The monoisotopic (exact) mass is 321 g/mol. The maximum absolute atomic E-state index is 9.87. The predicted molar refractivity (Wildman–Crippen MR) is 81.9 cm³/mol. The average molecular weight is 321 g/mol. The molecule has 0 amide bonds. The molecule has 0 saturated heterocycles. The minimum Gasteiger partial charge on any atom is -0.448 e. The summed E-state index contributed by atoms with van der Waals surface area (Å²) in [6.45, 7) is 4.83. The van der Waals surface area contributed by atoms with Crippen LogP contribution in [-0.4, -0.2) is 31.0 Å². The van der Waals surface area contributed by atoms with Crippen LogP contribution >= 0.6 is 0 Å². The standard InChI is InChI=1S/C15H31NO6/c1-2-12-16-13-10-8-6-4-3-5-7-9-11-14-19-21-22-20-15(17)18/h16H,2-14H2,1H3,(H,17,18). The van der Waals surface area contributed by atoms with E-state index in [0.717, 1.165) is 25.9 Å². The van der Waals surface area contributed by atoms with Crippen LogP contribution in [0.2, 0.25) is 0 Å². The molecular formula is C15H31NO6. The molecule has 7 heteroatoms. The van der Waals surface area contributed by atoms with E-state index in [1.165, 1.54) is 51.4 Å². The van der Waals surface area contributed by atoms with Crippen LogP contribution in [0.3, 0.4) is 0 Å². The van der Waals surface area contributed by atoms with Gasteiger partial charge in [0.05, 0.1) is 6.61 Å². The molecule has 22 heavy (non-hydrogen) atoms. The lowest BCUT2D eigenvalue weighted by Crippen LogP contribution is -2.15. The molecule has 132 valence electrons. The largest absolute Gasteiger partial charge is 0.540 e. The molecule has 0 aliphatic heterocycles. The highest BCUT2D eigenvalue weighted by molar-refractivity contribution is 5.55. The number of carboxylic acid groups (broad SMARTS) is 1. The van der Waals surface area contributed by atoms with E-state index in [-0.39, 0.29) is 0 Å². The van der Waals surface area contributed by atoms with Gasteiger partial charge >= 0.3 is 6.16 Å². The second kappa shape index (κ2) is 18.2. The van der Waals surface area contributed by atoms with Gasteiger partial charge in [-0.05, 0) is 37.4 Å². The zero-order valence-electron chi connectivity index (χ0n) is 13.7. The van der Waals surface area contributed by atoms with Gasteiger partial charge in [-0.25, -0.2) is 14.6 Å². The quantitative estimate of drug-likeness (QED) is 0.238. The van der Waals surface area contributed by atoms with Gasteiger partial charge in [-0.1, -0.05) is 51.9 Å². The van der Waals surface area contributed by atoms with Crippen molar-refractivity contribution in [2.75, 3.05) is 19.7 Å². The van der Waals surface area contributed by atoms with Crippen LogP contribution in [-0.2, 0) is 19.9 Å². The highest BCUT2D eigenvalue weighted by Crippen LogP contribution is 2.09. The van der Waals surface area contributed by atoms with Crippen LogP contribution in [0.25, 0.3) is 0 Å². The SMILES string of the molecule is CCCNCCCCCCCCCCCOOOOC(=O)O. The minimum atomic E-state index is -1.58. The van der Waals surface area contributed by atoms with E-state index >= 15 is 0 Å². The summed E-state index contributed by atoms with van der Waals surface area (Å²) < 4.78 is 0. The van der Waals surface area contributed by atoms with Gasteiger partial charge in [0.1, 0.15) is 0 Å². The Morgan fingerprint density at radius 2 is 1.45 bits per heavy atom. The first-order chi connectivity index (χ1) is 10.8. The lowest BCUT2D eigenvalue weighted by Gasteiger charge is -2.04. The Morgan fingerprint density at radius 1 is 0.864 bits per heavy atom. The summed E-state index contributed by atoms with van der Waals surface area (Å²) in [5.41, 5.74) is 0. The topological polar surface area (TPSA) is 86.3 Å². The first-order valence-corrected chi connectivity index (χ1v) is 8.33. The van der Waals surface area contributed by atoms with Crippen molar-refractivity contribution in [2.45, 2.75) is 71.1 Å². The van der Waals surface area contributed by atoms with Gasteiger partial charge < -0.3 is 10.4 Å². The van der Waals surface area contributed by atoms with Crippen LogP contribution in [0.5, 0.6) is 0 Å². The van der Waals surface area contributed by atoms with Crippen molar-refractivity contribution in [1.29, 1.82) is 0 Å². The Hall–Kier alpha value is -0.890. The van der Waals surface area contributed by atoms with E-state index in [2.05, 4.69) is 32.1 Å². The molecule has 0 bridgehead atoms. The number of carbonyl (C=O) groups is 1. The summed E-state index contributed by atoms with van der Waals surface area (Å²) in [7, 11) is 0. The third-order valence-corrected chi connectivity index (χ3v) is 3.19. The van der Waals surface area contributed by atoms with Gasteiger partial charge in [-0.15, -0.1) is 0 Å². The number of hydrogen-bond donors (Lipinski definition) is 2. The second-order valence-electron chi connectivity index (χ2n) is 5.24. The minimum absolute atomic E-state index is 0.355.